The number of hydrogen-bond acceptors (Lipinski definition) is 4. The van der Waals surface area contributed by atoms with Crippen molar-refractivity contribution in [2.45, 2.75) is 33.1 Å². The molecule has 0 aliphatic carbocycles. The summed E-state index contributed by atoms with van der Waals surface area (Å²) in [4.78, 5) is 0. The molecule has 98 valence electrons. The molecule has 0 saturated heterocycles. The predicted molar refractivity (Wildman–Crippen MR) is 62.0 cm³/mol. The van der Waals surface area contributed by atoms with Crippen LogP contribution in [0, 0.1) is 5.41 Å². The van der Waals surface area contributed by atoms with Gasteiger partial charge in [-0.15, -0.1) is 0 Å². The molecule has 0 heterocycles. The average Bonchev–Trinajstić information content (AvgIpc) is 2.10. The van der Waals surface area contributed by atoms with Gasteiger partial charge < -0.3 is 9.84 Å². The third-order valence-electron chi connectivity index (χ3n) is 2.41. The molecule has 16 heavy (non-hydrogen) atoms. The van der Waals surface area contributed by atoms with Gasteiger partial charge in [-0.1, -0.05) is 13.8 Å². The zero-order valence-electron chi connectivity index (χ0n) is 9.98. The van der Waals surface area contributed by atoms with Crippen LogP contribution in [0.5, 0.6) is 0 Å². The second-order valence-corrected chi connectivity index (χ2v) is 6.21. The molecule has 0 bridgehead atoms. The summed E-state index contributed by atoms with van der Waals surface area (Å²) in [7, 11) is -3.84. The van der Waals surface area contributed by atoms with Crippen LogP contribution in [0.2, 0.25) is 0 Å². The molecule has 0 saturated carbocycles. The molecule has 0 aromatic heterocycles. The van der Waals surface area contributed by atoms with Crippen LogP contribution in [0.1, 0.15) is 33.1 Å². The maximum atomic E-state index is 10.5. The molecule has 0 amide bonds. The van der Waals surface area contributed by atoms with Crippen LogP contribution in [0.25, 0.3) is 0 Å². The third kappa shape index (κ3) is 10.4. The van der Waals surface area contributed by atoms with Crippen LogP contribution in [0.15, 0.2) is 0 Å². The Morgan fingerprint density at radius 2 is 1.81 bits per heavy atom. The number of aliphatic hydroxyl groups excluding tert-OH is 1. The van der Waals surface area contributed by atoms with E-state index in [1.165, 1.54) is 0 Å². The minimum Gasteiger partial charge on any atom is -0.394 e. The fourth-order valence-electron chi connectivity index (χ4n) is 1.37. The minimum absolute atomic E-state index is 0.0137. The first-order valence-electron chi connectivity index (χ1n) is 5.41. The minimum atomic E-state index is -3.84. The highest BCUT2D eigenvalue weighted by Gasteiger charge is 2.18. The molecule has 0 aliphatic rings. The Hall–Kier alpha value is -0.170. The van der Waals surface area contributed by atoms with E-state index in [1.54, 1.807) is 0 Å². The summed E-state index contributed by atoms with van der Waals surface area (Å²) >= 11 is 0. The lowest BCUT2D eigenvalue weighted by molar-refractivity contribution is 0.0709. The Bertz CT molecular complexity index is 271. The third-order valence-corrected chi connectivity index (χ3v) is 3.22. The summed E-state index contributed by atoms with van der Waals surface area (Å²) in [5.41, 5.74) is -0.0137. The second-order valence-electron chi connectivity index (χ2n) is 4.64. The maximum Gasteiger partial charge on any atom is 0.264 e. The summed E-state index contributed by atoms with van der Waals surface area (Å²) < 4.78 is 34.8. The molecular weight excluding hydrogens is 232 g/mol. The van der Waals surface area contributed by atoms with E-state index in [-0.39, 0.29) is 17.8 Å². The summed E-state index contributed by atoms with van der Waals surface area (Å²) in [5, 5.41) is 8.51. The maximum absolute atomic E-state index is 10.5. The lowest BCUT2D eigenvalue weighted by Crippen LogP contribution is -2.17. The van der Waals surface area contributed by atoms with E-state index in [4.69, 9.17) is 14.4 Å². The second kappa shape index (κ2) is 7.21. The van der Waals surface area contributed by atoms with Gasteiger partial charge >= 0.3 is 0 Å². The molecular formula is C10H22O5S. The molecule has 0 aromatic rings. The predicted octanol–water partition coefficient (Wildman–Crippen LogP) is 1.08. The van der Waals surface area contributed by atoms with E-state index in [0.29, 0.717) is 19.6 Å². The van der Waals surface area contributed by atoms with Crippen LogP contribution >= 0.6 is 0 Å². The Morgan fingerprint density at radius 1 is 1.19 bits per heavy atom. The lowest BCUT2D eigenvalue weighted by Gasteiger charge is -2.24. The van der Waals surface area contributed by atoms with Gasteiger partial charge in [-0.2, -0.15) is 8.42 Å². The molecule has 0 radical (unpaired) electrons. The molecule has 0 spiro atoms. The van der Waals surface area contributed by atoms with Gasteiger partial charge in [0.1, 0.15) is 0 Å². The van der Waals surface area contributed by atoms with Gasteiger partial charge in [-0.25, -0.2) is 0 Å². The van der Waals surface area contributed by atoms with Crippen molar-refractivity contribution >= 4 is 10.1 Å². The zero-order chi connectivity index (χ0) is 12.7. The largest absolute Gasteiger partial charge is 0.394 e. The Labute approximate surface area is 97.6 Å². The number of aliphatic hydroxyl groups is 1. The monoisotopic (exact) mass is 254 g/mol. The van der Waals surface area contributed by atoms with Crippen LogP contribution in [0.3, 0.4) is 0 Å². The zero-order valence-corrected chi connectivity index (χ0v) is 10.8. The fourth-order valence-corrected chi connectivity index (χ4v) is 1.88. The Morgan fingerprint density at radius 3 is 2.31 bits per heavy atom. The van der Waals surface area contributed by atoms with Crippen molar-refractivity contribution in [2.75, 3.05) is 25.6 Å². The van der Waals surface area contributed by atoms with Crippen LogP contribution in [-0.4, -0.2) is 43.7 Å². The van der Waals surface area contributed by atoms with Crippen molar-refractivity contribution in [2.24, 2.45) is 5.41 Å². The lowest BCUT2D eigenvalue weighted by atomic mass is 9.85. The summed E-state index contributed by atoms with van der Waals surface area (Å²) in [6, 6.07) is 0. The summed E-state index contributed by atoms with van der Waals surface area (Å²) in [5.74, 6) is -0.187. The van der Waals surface area contributed by atoms with Gasteiger partial charge in [0, 0.05) is 6.61 Å². The van der Waals surface area contributed by atoms with E-state index in [9.17, 15) is 8.42 Å². The Balaban J connectivity index is 3.70. The van der Waals surface area contributed by atoms with Crippen molar-refractivity contribution in [3.63, 3.8) is 0 Å². The highest BCUT2D eigenvalue weighted by Crippen LogP contribution is 2.26. The smallest absolute Gasteiger partial charge is 0.264 e. The number of hydrogen-bond donors (Lipinski definition) is 2. The molecule has 2 N–H and O–H groups in total. The van der Waals surface area contributed by atoms with E-state index in [0.717, 1.165) is 12.8 Å². The van der Waals surface area contributed by atoms with Gasteiger partial charge in [0.05, 0.1) is 19.0 Å². The molecule has 0 unspecified atom stereocenters. The van der Waals surface area contributed by atoms with E-state index in [2.05, 4.69) is 0 Å². The van der Waals surface area contributed by atoms with E-state index >= 15 is 0 Å². The van der Waals surface area contributed by atoms with Crippen molar-refractivity contribution in [1.29, 1.82) is 0 Å². The quantitative estimate of drug-likeness (QED) is 0.475. The topological polar surface area (TPSA) is 83.8 Å². The first kappa shape index (κ1) is 15.8. The van der Waals surface area contributed by atoms with Crippen LogP contribution in [-0.2, 0) is 14.9 Å². The number of rotatable bonds is 9. The van der Waals surface area contributed by atoms with Crippen molar-refractivity contribution < 1.29 is 22.8 Å². The van der Waals surface area contributed by atoms with E-state index < -0.39 is 10.1 Å². The van der Waals surface area contributed by atoms with Gasteiger partial charge in [0.2, 0.25) is 0 Å². The van der Waals surface area contributed by atoms with Crippen molar-refractivity contribution in [3.8, 4) is 0 Å². The van der Waals surface area contributed by atoms with E-state index in [1.807, 2.05) is 13.8 Å². The van der Waals surface area contributed by atoms with Crippen LogP contribution in [0.4, 0.5) is 0 Å². The molecule has 0 rings (SSSR count). The van der Waals surface area contributed by atoms with Gasteiger partial charge in [-0.05, 0) is 24.7 Å². The molecule has 0 aliphatic heterocycles. The normalized spacial score (nSPS) is 13.0. The summed E-state index contributed by atoms with van der Waals surface area (Å²) in [6.07, 6.45) is 1.97. The average molecular weight is 254 g/mol. The highest BCUT2D eigenvalue weighted by molar-refractivity contribution is 7.85. The Kier molecular flexibility index (Phi) is 7.14. The van der Waals surface area contributed by atoms with Crippen molar-refractivity contribution in [1.82, 2.24) is 0 Å². The van der Waals surface area contributed by atoms with Gasteiger partial charge in [-0.3, -0.25) is 4.55 Å². The first-order chi connectivity index (χ1) is 7.27. The fraction of sp³-hybridized carbons (Fsp3) is 1.00. The number of ether oxygens (including phenoxy) is 1. The van der Waals surface area contributed by atoms with Crippen molar-refractivity contribution in [3.05, 3.63) is 0 Å². The molecule has 0 aromatic carbocycles. The summed E-state index contributed by atoms with van der Waals surface area (Å²) in [6.45, 7) is 4.96. The standard InChI is InChI=1S/C10H22O5S/c1-10(2,5-7-15-8-6-11)4-3-9-16(12,13)14/h11H,3-9H2,1-2H3,(H,12,13,14). The van der Waals surface area contributed by atoms with Gasteiger partial charge in [0.15, 0.2) is 0 Å². The molecule has 5 nitrogen and oxygen atoms in total. The highest BCUT2D eigenvalue weighted by atomic mass is 32.2. The SMILES string of the molecule is CC(C)(CCCS(=O)(=O)O)CCOCCO. The molecule has 0 fully saturated rings. The first-order valence-corrected chi connectivity index (χ1v) is 7.01. The molecule has 0 atom stereocenters. The molecule has 6 heteroatoms. The van der Waals surface area contributed by atoms with Gasteiger partial charge in [0.25, 0.3) is 10.1 Å². The van der Waals surface area contributed by atoms with Crippen LogP contribution < -0.4 is 0 Å².